The lowest BCUT2D eigenvalue weighted by atomic mass is 10.2. The van der Waals surface area contributed by atoms with E-state index in [1.807, 2.05) is 0 Å². The molecule has 0 aliphatic carbocycles. The molecule has 0 fully saturated rings. The average Bonchev–Trinajstić information content (AvgIpc) is 2.41. The molecule has 0 saturated carbocycles. The zero-order valence-electron chi connectivity index (χ0n) is 9.93. The van der Waals surface area contributed by atoms with Crippen molar-refractivity contribution in [2.24, 2.45) is 0 Å². The van der Waals surface area contributed by atoms with Gasteiger partial charge in [-0.25, -0.2) is 14.2 Å². The summed E-state index contributed by atoms with van der Waals surface area (Å²) in [6.45, 7) is 0. The lowest BCUT2D eigenvalue weighted by Crippen LogP contribution is -2.14. The molecule has 20 heavy (non-hydrogen) atoms. The third-order valence-electron chi connectivity index (χ3n) is 2.41. The fourth-order valence-electron chi connectivity index (χ4n) is 1.47. The molecule has 0 radical (unpaired) electrons. The van der Waals surface area contributed by atoms with Gasteiger partial charge in [-0.3, -0.25) is 4.79 Å². The number of hydrogen-bond donors (Lipinski definition) is 2. The highest BCUT2D eigenvalue weighted by Crippen LogP contribution is 2.16. The number of carbonyl (C=O) groups excluding carboxylic acids is 1. The predicted molar refractivity (Wildman–Crippen MR) is 70.6 cm³/mol. The van der Waals surface area contributed by atoms with E-state index < -0.39 is 23.3 Å². The molecule has 5 nitrogen and oxygen atoms in total. The van der Waals surface area contributed by atoms with E-state index in [-0.39, 0.29) is 11.4 Å². The number of carboxylic acid groups (broad SMARTS) is 1. The number of nitrogens with one attached hydrogen (secondary N) is 1. The Kier molecular flexibility index (Phi) is 3.95. The number of carboxylic acids is 1. The number of pyridine rings is 1. The van der Waals surface area contributed by atoms with Crippen LogP contribution in [0.15, 0.2) is 36.5 Å². The summed E-state index contributed by atoms with van der Waals surface area (Å²) in [7, 11) is 0. The summed E-state index contributed by atoms with van der Waals surface area (Å²) in [5.74, 6) is -2.84. The van der Waals surface area contributed by atoms with Gasteiger partial charge < -0.3 is 10.4 Å². The maximum absolute atomic E-state index is 13.2. The van der Waals surface area contributed by atoms with Gasteiger partial charge in [-0.15, -0.1) is 0 Å². The van der Waals surface area contributed by atoms with Gasteiger partial charge in [0.2, 0.25) is 0 Å². The van der Waals surface area contributed by atoms with E-state index in [9.17, 15) is 14.0 Å². The zero-order chi connectivity index (χ0) is 14.7. The third-order valence-corrected chi connectivity index (χ3v) is 2.64. The van der Waals surface area contributed by atoms with Gasteiger partial charge >= 0.3 is 5.97 Å². The second-order valence-corrected chi connectivity index (χ2v) is 4.25. The summed E-state index contributed by atoms with van der Waals surface area (Å²) in [5, 5.41) is 11.6. The first-order valence-electron chi connectivity index (χ1n) is 5.43. The number of hydrogen-bond acceptors (Lipinski definition) is 3. The van der Waals surface area contributed by atoms with Gasteiger partial charge in [0.25, 0.3) is 5.91 Å². The van der Waals surface area contributed by atoms with Crippen LogP contribution in [-0.2, 0) is 0 Å². The Morgan fingerprint density at radius 1 is 1.25 bits per heavy atom. The minimum Gasteiger partial charge on any atom is -0.478 e. The Morgan fingerprint density at radius 2 is 2.00 bits per heavy atom. The van der Waals surface area contributed by atoms with E-state index in [2.05, 4.69) is 10.3 Å². The second kappa shape index (κ2) is 5.66. The van der Waals surface area contributed by atoms with Gasteiger partial charge in [-0.2, -0.15) is 0 Å². The highest BCUT2D eigenvalue weighted by molar-refractivity contribution is 6.30. The number of halogens is 2. The molecule has 0 unspecified atom stereocenters. The van der Waals surface area contributed by atoms with Crippen LogP contribution in [-0.4, -0.2) is 22.0 Å². The Labute approximate surface area is 118 Å². The molecule has 1 amide bonds. The minimum atomic E-state index is -1.41. The molecule has 0 saturated heterocycles. The SMILES string of the molecule is O=C(Nc1ccc(F)c(C(=O)O)c1)c1ccc(Cl)cn1. The van der Waals surface area contributed by atoms with Crippen molar-refractivity contribution < 1.29 is 19.1 Å². The summed E-state index contributed by atoms with van der Waals surface area (Å²) in [6.07, 6.45) is 1.31. The molecule has 0 aliphatic heterocycles. The summed E-state index contributed by atoms with van der Waals surface area (Å²) >= 11 is 5.65. The summed E-state index contributed by atoms with van der Waals surface area (Å²) in [4.78, 5) is 26.4. The van der Waals surface area contributed by atoms with E-state index in [0.717, 1.165) is 12.1 Å². The summed E-state index contributed by atoms with van der Waals surface area (Å²) in [5.41, 5.74) is -0.256. The van der Waals surface area contributed by atoms with Crippen molar-refractivity contribution in [1.82, 2.24) is 4.98 Å². The first-order valence-corrected chi connectivity index (χ1v) is 5.81. The molecule has 0 atom stereocenters. The molecular formula is C13H8ClFN2O3. The Bertz CT molecular complexity index is 674. The van der Waals surface area contributed by atoms with Gasteiger partial charge in [-0.05, 0) is 30.3 Å². The van der Waals surface area contributed by atoms with Crippen LogP contribution >= 0.6 is 11.6 Å². The summed E-state index contributed by atoms with van der Waals surface area (Å²) in [6, 6.07) is 6.17. The zero-order valence-corrected chi connectivity index (χ0v) is 10.7. The maximum Gasteiger partial charge on any atom is 0.338 e. The van der Waals surface area contributed by atoms with Crippen molar-refractivity contribution in [3.63, 3.8) is 0 Å². The van der Waals surface area contributed by atoms with Crippen LogP contribution in [0.1, 0.15) is 20.8 Å². The van der Waals surface area contributed by atoms with E-state index in [1.54, 1.807) is 0 Å². The second-order valence-electron chi connectivity index (χ2n) is 3.82. The first kappa shape index (κ1) is 14.0. The van der Waals surface area contributed by atoms with Crippen LogP contribution < -0.4 is 5.32 Å². The molecule has 0 spiro atoms. The van der Waals surface area contributed by atoms with Crippen molar-refractivity contribution >= 4 is 29.2 Å². The van der Waals surface area contributed by atoms with E-state index in [1.165, 1.54) is 24.4 Å². The van der Waals surface area contributed by atoms with Crippen molar-refractivity contribution in [1.29, 1.82) is 0 Å². The average molecular weight is 295 g/mol. The quantitative estimate of drug-likeness (QED) is 0.912. The molecule has 1 heterocycles. The normalized spacial score (nSPS) is 10.1. The number of rotatable bonds is 3. The van der Waals surface area contributed by atoms with Gasteiger partial charge in [-0.1, -0.05) is 11.6 Å². The Balaban J connectivity index is 2.21. The van der Waals surface area contributed by atoms with E-state index >= 15 is 0 Å². The molecule has 2 rings (SSSR count). The number of benzene rings is 1. The van der Waals surface area contributed by atoms with E-state index in [4.69, 9.17) is 16.7 Å². The topological polar surface area (TPSA) is 79.3 Å². The number of anilines is 1. The predicted octanol–water partition coefficient (Wildman–Crippen LogP) is 2.82. The van der Waals surface area contributed by atoms with Crippen LogP contribution in [0.3, 0.4) is 0 Å². The highest BCUT2D eigenvalue weighted by Gasteiger charge is 2.13. The lowest BCUT2D eigenvalue weighted by molar-refractivity contribution is 0.0691. The minimum absolute atomic E-state index is 0.107. The first-order chi connectivity index (χ1) is 9.47. The molecule has 7 heteroatoms. The van der Waals surface area contributed by atoms with Gasteiger partial charge in [0.15, 0.2) is 0 Å². The largest absolute Gasteiger partial charge is 0.478 e. The van der Waals surface area contributed by atoms with Crippen LogP contribution in [0.5, 0.6) is 0 Å². The van der Waals surface area contributed by atoms with Crippen LogP contribution in [0, 0.1) is 5.82 Å². The molecule has 1 aromatic heterocycles. The Morgan fingerprint density at radius 3 is 2.60 bits per heavy atom. The van der Waals surface area contributed by atoms with Crippen molar-refractivity contribution in [3.05, 3.63) is 58.6 Å². The molecule has 2 aromatic rings. The molecule has 102 valence electrons. The van der Waals surface area contributed by atoms with E-state index in [0.29, 0.717) is 5.02 Å². The van der Waals surface area contributed by atoms with Crippen molar-refractivity contribution in [3.8, 4) is 0 Å². The third kappa shape index (κ3) is 3.10. The van der Waals surface area contributed by atoms with Crippen LogP contribution in [0.2, 0.25) is 5.02 Å². The van der Waals surface area contributed by atoms with Gasteiger partial charge in [0.05, 0.1) is 10.6 Å². The fraction of sp³-hybridized carbons (Fsp3) is 0. The van der Waals surface area contributed by atoms with Gasteiger partial charge in [0.1, 0.15) is 11.5 Å². The number of aromatic carboxylic acids is 1. The van der Waals surface area contributed by atoms with Gasteiger partial charge in [0, 0.05) is 11.9 Å². The van der Waals surface area contributed by atoms with Crippen molar-refractivity contribution in [2.45, 2.75) is 0 Å². The monoisotopic (exact) mass is 294 g/mol. The standard InChI is InChI=1S/C13H8ClFN2O3/c14-7-1-4-11(16-6-7)12(18)17-8-2-3-10(15)9(5-8)13(19)20/h1-6H,(H,17,18)(H,19,20). The number of aromatic nitrogens is 1. The molecule has 0 aliphatic rings. The number of nitrogens with zero attached hydrogens (tertiary/aromatic N) is 1. The molecular weight excluding hydrogens is 287 g/mol. The van der Waals surface area contributed by atoms with Crippen LogP contribution in [0.25, 0.3) is 0 Å². The highest BCUT2D eigenvalue weighted by atomic mass is 35.5. The van der Waals surface area contributed by atoms with Crippen molar-refractivity contribution in [2.75, 3.05) is 5.32 Å². The fourth-order valence-corrected chi connectivity index (χ4v) is 1.58. The molecule has 1 aromatic carbocycles. The number of amides is 1. The maximum atomic E-state index is 13.2. The molecule has 2 N–H and O–H groups in total. The summed E-state index contributed by atoms with van der Waals surface area (Å²) < 4.78 is 13.2. The number of carbonyl (C=O) groups is 2. The molecule has 0 bridgehead atoms. The lowest BCUT2D eigenvalue weighted by Gasteiger charge is -2.06. The smallest absolute Gasteiger partial charge is 0.338 e. The van der Waals surface area contributed by atoms with Crippen LogP contribution in [0.4, 0.5) is 10.1 Å². The Hall–Kier alpha value is -2.47.